The third kappa shape index (κ3) is 9.66. The molecule has 0 aliphatic carbocycles. The second-order valence-electron chi connectivity index (χ2n) is 3.90. The van der Waals surface area contributed by atoms with Gasteiger partial charge in [-0.25, -0.2) is 0 Å². The van der Waals surface area contributed by atoms with E-state index >= 15 is 0 Å². The standard InChI is InChI=1S/C13H25/c1-4-6-8-9-10-12-13(3)11-7-5-2/h5,7,11,13H,4,6,8-10,12H2,1-3H3. The highest BCUT2D eigenvalue weighted by Crippen LogP contribution is 2.13. The molecule has 0 nitrogen and oxygen atoms in total. The van der Waals surface area contributed by atoms with Crippen molar-refractivity contribution < 1.29 is 0 Å². The molecule has 1 atom stereocenters. The van der Waals surface area contributed by atoms with E-state index in [4.69, 9.17) is 0 Å². The van der Waals surface area contributed by atoms with Crippen molar-refractivity contribution in [3.63, 3.8) is 0 Å². The van der Waals surface area contributed by atoms with Gasteiger partial charge < -0.3 is 0 Å². The van der Waals surface area contributed by atoms with Gasteiger partial charge in [-0.15, -0.1) is 0 Å². The van der Waals surface area contributed by atoms with E-state index in [-0.39, 0.29) is 0 Å². The molecule has 0 spiro atoms. The van der Waals surface area contributed by atoms with E-state index in [9.17, 15) is 0 Å². The molecule has 0 aliphatic heterocycles. The van der Waals surface area contributed by atoms with Crippen LogP contribution in [0.4, 0.5) is 0 Å². The average Bonchev–Trinajstić information content (AvgIpc) is 2.14. The minimum absolute atomic E-state index is 0.762. The maximum absolute atomic E-state index is 2.31. The van der Waals surface area contributed by atoms with Crippen molar-refractivity contribution in [2.45, 2.75) is 59.3 Å². The van der Waals surface area contributed by atoms with E-state index < -0.39 is 0 Å². The number of unbranched alkanes of at least 4 members (excludes halogenated alkanes) is 4. The van der Waals surface area contributed by atoms with Crippen LogP contribution in [0.25, 0.3) is 0 Å². The fraction of sp³-hybridized carbons (Fsp3) is 0.769. The fourth-order valence-electron chi connectivity index (χ4n) is 1.47. The molecule has 0 N–H and O–H groups in total. The van der Waals surface area contributed by atoms with Crippen molar-refractivity contribution in [3.8, 4) is 0 Å². The van der Waals surface area contributed by atoms with Crippen molar-refractivity contribution in [1.82, 2.24) is 0 Å². The molecule has 13 heavy (non-hydrogen) atoms. The molecular weight excluding hydrogens is 156 g/mol. The molecule has 0 rings (SSSR count). The van der Waals surface area contributed by atoms with Crippen molar-refractivity contribution in [2.75, 3.05) is 0 Å². The quantitative estimate of drug-likeness (QED) is 0.473. The van der Waals surface area contributed by atoms with Crippen molar-refractivity contribution in [2.24, 2.45) is 5.92 Å². The molecule has 0 saturated heterocycles. The Hall–Kier alpha value is -0.260. The normalized spacial score (nSPS) is 13.8. The molecule has 1 unspecified atom stereocenters. The molecule has 0 amide bonds. The van der Waals surface area contributed by atoms with E-state index in [2.05, 4.69) is 39.3 Å². The van der Waals surface area contributed by atoms with Crippen LogP contribution in [0.3, 0.4) is 0 Å². The Kier molecular flexibility index (Phi) is 9.63. The van der Waals surface area contributed by atoms with Gasteiger partial charge in [-0.3, -0.25) is 0 Å². The first-order valence-electron chi connectivity index (χ1n) is 5.77. The van der Waals surface area contributed by atoms with Crippen LogP contribution in [0, 0.1) is 12.3 Å². The molecule has 0 bridgehead atoms. The van der Waals surface area contributed by atoms with Gasteiger partial charge in [0.05, 0.1) is 0 Å². The van der Waals surface area contributed by atoms with Gasteiger partial charge in [0, 0.05) is 0 Å². The van der Waals surface area contributed by atoms with E-state index in [1.165, 1.54) is 38.5 Å². The van der Waals surface area contributed by atoms with Crippen molar-refractivity contribution in [1.29, 1.82) is 0 Å². The Morgan fingerprint density at radius 3 is 2.38 bits per heavy atom. The topological polar surface area (TPSA) is 0 Å². The van der Waals surface area contributed by atoms with Crippen LogP contribution in [-0.4, -0.2) is 0 Å². The summed E-state index contributed by atoms with van der Waals surface area (Å²) in [5, 5.41) is 0. The molecule has 0 aromatic rings. The summed E-state index contributed by atoms with van der Waals surface area (Å²) in [6.45, 7) is 6.65. The van der Waals surface area contributed by atoms with Crippen LogP contribution in [0.15, 0.2) is 12.2 Å². The maximum Gasteiger partial charge on any atom is -0.0142 e. The molecule has 0 fully saturated rings. The van der Waals surface area contributed by atoms with Gasteiger partial charge >= 0.3 is 0 Å². The van der Waals surface area contributed by atoms with Crippen LogP contribution < -0.4 is 0 Å². The number of hydrogen-bond donors (Lipinski definition) is 0. The predicted molar refractivity (Wildman–Crippen MR) is 61.7 cm³/mol. The van der Waals surface area contributed by atoms with E-state index in [0.29, 0.717) is 0 Å². The summed E-state index contributed by atoms with van der Waals surface area (Å²) in [6, 6.07) is 0. The Balaban J connectivity index is 3.12. The molecule has 1 radical (unpaired) electrons. The zero-order chi connectivity index (χ0) is 9.94. The number of rotatable bonds is 8. The first-order chi connectivity index (χ1) is 6.31. The summed E-state index contributed by atoms with van der Waals surface area (Å²) < 4.78 is 0. The fourth-order valence-corrected chi connectivity index (χ4v) is 1.47. The lowest BCUT2D eigenvalue weighted by molar-refractivity contribution is 0.537. The summed E-state index contributed by atoms with van der Waals surface area (Å²) in [5.41, 5.74) is 0. The van der Waals surface area contributed by atoms with Gasteiger partial charge in [-0.05, 0) is 19.3 Å². The lowest BCUT2D eigenvalue weighted by Crippen LogP contribution is -1.93. The zero-order valence-electron chi connectivity index (χ0n) is 9.55. The Labute approximate surface area is 84.4 Å². The van der Waals surface area contributed by atoms with Gasteiger partial charge in [-0.1, -0.05) is 64.5 Å². The van der Waals surface area contributed by atoms with E-state index in [1.54, 1.807) is 0 Å². The molecule has 0 saturated carbocycles. The highest BCUT2D eigenvalue weighted by Gasteiger charge is 1.98. The van der Waals surface area contributed by atoms with Gasteiger partial charge in [0.25, 0.3) is 0 Å². The molecule has 0 aromatic heterocycles. The third-order valence-corrected chi connectivity index (χ3v) is 2.40. The third-order valence-electron chi connectivity index (χ3n) is 2.40. The van der Waals surface area contributed by atoms with Crippen LogP contribution >= 0.6 is 0 Å². The van der Waals surface area contributed by atoms with Crippen LogP contribution in [0.2, 0.25) is 0 Å². The second-order valence-corrected chi connectivity index (χ2v) is 3.90. The lowest BCUT2D eigenvalue weighted by atomic mass is 9.99. The molecular formula is C13H25. The maximum atomic E-state index is 2.31. The summed E-state index contributed by atoms with van der Waals surface area (Å²) in [5.74, 6) is 0.762. The van der Waals surface area contributed by atoms with Crippen LogP contribution in [0.5, 0.6) is 0 Å². The SMILES string of the molecule is CC=C[CH]C(C)CCCCCCC. The van der Waals surface area contributed by atoms with Gasteiger partial charge in [-0.2, -0.15) is 0 Å². The van der Waals surface area contributed by atoms with Gasteiger partial charge in [0.1, 0.15) is 0 Å². The highest BCUT2D eigenvalue weighted by atomic mass is 14.0. The van der Waals surface area contributed by atoms with Gasteiger partial charge in [0.2, 0.25) is 0 Å². The lowest BCUT2D eigenvalue weighted by Gasteiger charge is -2.07. The van der Waals surface area contributed by atoms with Crippen LogP contribution in [0.1, 0.15) is 59.3 Å². The van der Waals surface area contributed by atoms with Crippen LogP contribution in [-0.2, 0) is 0 Å². The first kappa shape index (κ1) is 12.7. The Morgan fingerprint density at radius 2 is 1.77 bits per heavy atom. The number of hydrogen-bond acceptors (Lipinski definition) is 0. The molecule has 77 valence electrons. The summed E-state index contributed by atoms with van der Waals surface area (Å²) in [7, 11) is 0. The minimum Gasteiger partial charge on any atom is -0.0914 e. The van der Waals surface area contributed by atoms with E-state index in [0.717, 1.165) is 5.92 Å². The summed E-state index contributed by atoms with van der Waals surface area (Å²) in [6.07, 6.45) is 14.9. The number of allylic oxidation sites excluding steroid dienone is 2. The minimum atomic E-state index is 0.762. The van der Waals surface area contributed by atoms with Crippen molar-refractivity contribution in [3.05, 3.63) is 18.6 Å². The monoisotopic (exact) mass is 181 g/mol. The Morgan fingerprint density at radius 1 is 1.08 bits per heavy atom. The molecule has 0 heteroatoms. The highest BCUT2D eigenvalue weighted by molar-refractivity contribution is 4.95. The first-order valence-corrected chi connectivity index (χ1v) is 5.77. The summed E-state index contributed by atoms with van der Waals surface area (Å²) >= 11 is 0. The smallest absolute Gasteiger partial charge is 0.0142 e. The summed E-state index contributed by atoms with van der Waals surface area (Å²) in [4.78, 5) is 0. The van der Waals surface area contributed by atoms with E-state index in [1.807, 2.05) is 0 Å². The zero-order valence-corrected chi connectivity index (χ0v) is 9.55. The van der Waals surface area contributed by atoms with Gasteiger partial charge in [0.15, 0.2) is 0 Å². The molecule has 0 aliphatic rings. The van der Waals surface area contributed by atoms with Crippen molar-refractivity contribution >= 4 is 0 Å². The second kappa shape index (κ2) is 9.83. The predicted octanol–water partition coefficient (Wildman–Crippen LogP) is 4.76. The average molecular weight is 181 g/mol. The Bertz CT molecular complexity index is 113. The largest absolute Gasteiger partial charge is 0.0914 e. The molecule has 0 aromatic carbocycles. The molecule has 0 heterocycles.